The van der Waals surface area contributed by atoms with Crippen molar-refractivity contribution in [3.05, 3.63) is 90.0 Å². The van der Waals surface area contributed by atoms with E-state index in [1.807, 2.05) is 37.3 Å². The van der Waals surface area contributed by atoms with Crippen molar-refractivity contribution in [3.8, 4) is 5.75 Å². The minimum Gasteiger partial charge on any atom is -0.484 e. The van der Waals surface area contributed by atoms with E-state index in [0.717, 1.165) is 21.9 Å². The van der Waals surface area contributed by atoms with Gasteiger partial charge in [-0.1, -0.05) is 63.2 Å². The molecule has 0 aliphatic heterocycles. The molecule has 0 aliphatic rings. The molecule has 0 aromatic heterocycles. The first-order valence-corrected chi connectivity index (χ1v) is 11.7. The lowest BCUT2D eigenvalue weighted by Crippen LogP contribution is -2.40. The third-order valence-electron chi connectivity index (χ3n) is 4.97. The van der Waals surface area contributed by atoms with E-state index in [9.17, 15) is 13.2 Å². The standard InChI is InChI=1S/C25H27NO4S/c1-4-20-13-15-22(16-14-20)26(31(28,29)24-11-6-5-7-12-24)25(27)18-30-23-10-8-9-21(17-23)19(2)3/h5-17,19H,4,18H2,1-3H3. The van der Waals surface area contributed by atoms with E-state index in [4.69, 9.17) is 4.74 Å². The van der Waals surface area contributed by atoms with Crippen LogP contribution in [0.15, 0.2) is 83.8 Å². The monoisotopic (exact) mass is 437 g/mol. The molecule has 3 aromatic carbocycles. The molecule has 0 spiro atoms. The summed E-state index contributed by atoms with van der Waals surface area (Å²) in [7, 11) is -4.10. The molecule has 0 fully saturated rings. The predicted molar refractivity (Wildman–Crippen MR) is 123 cm³/mol. The first-order chi connectivity index (χ1) is 14.8. The molecular formula is C25H27NO4S. The SMILES string of the molecule is CCc1ccc(N(C(=O)COc2cccc(C(C)C)c2)S(=O)(=O)c2ccccc2)cc1. The van der Waals surface area contributed by atoms with Gasteiger partial charge in [0.1, 0.15) is 5.75 Å². The summed E-state index contributed by atoms with van der Waals surface area (Å²) in [4.78, 5) is 13.2. The van der Waals surface area contributed by atoms with Crippen LogP contribution in [-0.4, -0.2) is 20.9 Å². The van der Waals surface area contributed by atoms with E-state index >= 15 is 0 Å². The lowest BCUT2D eigenvalue weighted by Gasteiger charge is -2.23. The number of amides is 1. The van der Waals surface area contributed by atoms with Crippen molar-refractivity contribution in [3.63, 3.8) is 0 Å². The number of nitrogens with zero attached hydrogens (tertiary/aromatic N) is 1. The van der Waals surface area contributed by atoms with Crippen LogP contribution < -0.4 is 9.04 Å². The minimum absolute atomic E-state index is 0.0460. The smallest absolute Gasteiger partial charge is 0.278 e. The zero-order valence-electron chi connectivity index (χ0n) is 18.0. The van der Waals surface area contributed by atoms with Gasteiger partial charge in [0.2, 0.25) is 0 Å². The summed E-state index contributed by atoms with van der Waals surface area (Å²) in [5.74, 6) is 0.173. The van der Waals surface area contributed by atoms with Crippen LogP contribution in [0.3, 0.4) is 0 Å². The number of anilines is 1. The van der Waals surface area contributed by atoms with E-state index in [1.165, 1.54) is 12.1 Å². The quantitative estimate of drug-likeness (QED) is 0.487. The second-order valence-corrected chi connectivity index (χ2v) is 9.30. The van der Waals surface area contributed by atoms with Gasteiger partial charge >= 0.3 is 0 Å². The third kappa shape index (κ3) is 5.33. The fraction of sp³-hybridized carbons (Fsp3) is 0.240. The van der Waals surface area contributed by atoms with Crippen molar-refractivity contribution >= 4 is 21.6 Å². The highest BCUT2D eigenvalue weighted by Gasteiger charge is 2.31. The number of carbonyl (C=O) groups is 1. The number of sulfonamides is 1. The van der Waals surface area contributed by atoms with Crippen molar-refractivity contribution in [2.45, 2.75) is 38.0 Å². The molecule has 0 aliphatic carbocycles. The highest BCUT2D eigenvalue weighted by Crippen LogP contribution is 2.25. The van der Waals surface area contributed by atoms with E-state index in [-0.39, 0.29) is 10.6 Å². The lowest BCUT2D eigenvalue weighted by atomic mass is 10.0. The average molecular weight is 438 g/mol. The van der Waals surface area contributed by atoms with Crippen LogP contribution in [-0.2, 0) is 21.2 Å². The zero-order chi connectivity index (χ0) is 22.4. The van der Waals surface area contributed by atoms with Crippen molar-refractivity contribution in [2.24, 2.45) is 0 Å². The molecule has 6 heteroatoms. The number of rotatable bonds is 8. The van der Waals surface area contributed by atoms with Gasteiger partial charge in [0.15, 0.2) is 6.61 Å². The Balaban J connectivity index is 1.92. The van der Waals surface area contributed by atoms with Gasteiger partial charge in [-0.15, -0.1) is 0 Å². The van der Waals surface area contributed by atoms with Crippen molar-refractivity contribution < 1.29 is 17.9 Å². The van der Waals surface area contributed by atoms with Crippen LogP contribution in [0, 0.1) is 0 Å². The molecule has 0 bridgehead atoms. The summed E-state index contributed by atoms with van der Waals surface area (Å²) in [5.41, 5.74) is 2.41. The largest absolute Gasteiger partial charge is 0.484 e. The first-order valence-electron chi connectivity index (χ1n) is 10.3. The maximum absolute atomic E-state index is 13.3. The minimum atomic E-state index is -4.10. The summed E-state index contributed by atoms with van der Waals surface area (Å²) in [6.45, 7) is 5.75. The van der Waals surface area contributed by atoms with E-state index in [2.05, 4.69) is 13.8 Å². The summed E-state index contributed by atoms with van der Waals surface area (Å²) < 4.78 is 33.2. The number of hydrogen-bond donors (Lipinski definition) is 0. The molecule has 1 amide bonds. The second kappa shape index (κ2) is 9.79. The fourth-order valence-corrected chi connectivity index (χ4v) is 4.58. The molecule has 0 saturated carbocycles. The Hall–Kier alpha value is -3.12. The Morgan fingerprint density at radius 2 is 1.61 bits per heavy atom. The van der Waals surface area contributed by atoms with Gasteiger partial charge in [-0.25, -0.2) is 8.42 Å². The van der Waals surface area contributed by atoms with Gasteiger partial charge in [0, 0.05) is 0 Å². The van der Waals surface area contributed by atoms with Crippen LogP contribution in [0.1, 0.15) is 37.8 Å². The highest BCUT2D eigenvalue weighted by atomic mass is 32.2. The van der Waals surface area contributed by atoms with Crippen molar-refractivity contribution in [1.82, 2.24) is 0 Å². The number of ether oxygens (including phenoxy) is 1. The maximum atomic E-state index is 13.3. The van der Waals surface area contributed by atoms with Crippen LogP contribution in [0.2, 0.25) is 0 Å². The topological polar surface area (TPSA) is 63.7 Å². The fourth-order valence-electron chi connectivity index (χ4n) is 3.15. The number of aryl methyl sites for hydroxylation is 1. The molecule has 0 atom stereocenters. The van der Waals surface area contributed by atoms with Crippen LogP contribution in [0.4, 0.5) is 5.69 Å². The van der Waals surface area contributed by atoms with Crippen LogP contribution in [0.25, 0.3) is 0 Å². The summed E-state index contributed by atoms with van der Waals surface area (Å²) in [6.07, 6.45) is 0.814. The Morgan fingerprint density at radius 1 is 0.935 bits per heavy atom. The van der Waals surface area contributed by atoms with E-state index < -0.39 is 22.5 Å². The van der Waals surface area contributed by atoms with E-state index in [1.54, 1.807) is 36.4 Å². The summed E-state index contributed by atoms with van der Waals surface area (Å²) >= 11 is 0. The molecule has 0 heterocycles. The molecule has 0 saturated heterocycles. The molecule has 162 valence electrons. The Morgan fingerprint density at radius 3 is 2.23 bits per heavy atom. The number of carbonyl (C=O) groups excluding carboxylic acids is 1. The van der Waals surface area contributed by atoms with Gasteiger partial charge in [-0.05, 0) is 59.9 Å². The second-order valence-electron chi connectivity index (χ2n) is 7.51. The lowest BCUT2D eigenvalue weighted by molar-refractivity contribution is -0.119. The van der Waals surface area contributed by atoms with E-state index in [0.29, 0.717) is 11.7 Å². The molecule has 0 unspecified atom stereocenters. The Bertz CT molecular complexity index is 1120. The van der Waals surface area contributed by atoms with Crippen molar-refractivity contribution in [1.29, 1.82) is 0 Å². The van der Waals surface area contributed by atoms with Crippen molar-refractivity contribution in [2.75, 3.05) is 10.9 Å². The highest BCUT2D eigenvalue weighted by molar-refractivity contribution is 7.93. The normalized spacial score (nSPS) is 11.4. The van der Waals surface area contributed by atoms with Gasteiger partial charge in [-0.3, -0.25) is 4.79 Å². The molecule has 5 nitrogen and oxygen atoms in total. The van der Waals surface area contributed by atoms with Gasteiger partial charge in [0.25, 0.3) is 15.9 Å². The molecule has 0 N–H and O–H groups in total. The molecule has 3 aromatic rings. The van der Waals surface area contributed by atoms with Gasteiger partial charge in [0.05, 0.1) is 10.6 Å². The predicted octanol–water partition coefficient (Wildman–Crippen LogP) is 5.17. The van der Waals surface area contributed by atoms with Crippen LogP contribution >= 0.6 is 0 Å². The summed E-state index contributed by atoms with van der Waals surface area (Å²) in [5, 5.41) is 0. The Labute approximate surface area is 184 Å². The molecule has 0 radical (unpaired) electrons. The third-order valence-corrected chi connectivity index (χ3v) is 6.74. The molecular weight excluding hydrogens is 410 g/mol. The van der Waals surface area contributed by atoms with Gasteiger partial charge in [-0.2, -0.15) is 4.31 Å². The molecule has 3 rings (SSSR count). The molecule has 31 heavy (non-hydrogen) atoms. The Kier molecular flexibility index (Phi) is 7.13. The van der Waals surface area contributed by atoms with Gasteiger partial charge < -0.3 is 4.74 Å². The maximum Gasteiger partial charge on any atom is 0.278 e. The first kappa shape index (κ1) is 22.6. The zero-order valence-corrected chi connectivity index (χ0v) is 18.8. The van der Waals surface area contributed by atoms with Crippen LogP contribution in [0.5, 0.6) is 5.75 Å². The summed E-state index contributed by atoms with van der Waals surface area (Å²) in [6, 6.07) is 22.3. The average Bonchev–Trinajstić information content (AvgIpc) is 2.79. The number of benzene rings is 3. The number of hydrogen-bond acceptors (Lipinski definition) is 4.